The van der Waals surface area contributed by atoms with Gasteiger partial charge in [-0.25, -0.2) is 0 Å². The van der Waals surface area contributed by atoms with Crippen LogP contribution >= 0.6 is 11.8 Å². The molecule has 2 aromatic heterocycles. The van der Waals surface area contributed by atoms with E-state index in [1.807, 2.05) is 4.90 Å². The summed E-state index contributed by atoms with van der Waals surface area (Å²) in [6.45, 7) is 2.95. The Balaban J connectivity index is 1.56. The fourth-order valence-electron chi connectivity index (χ4n) is 2.44. The van der Waals surface area contributed by atoms with E-state index < -0.39 is 0 Å². The van der Waals surface area contributed by atoms with Crippen LogP contribution in [0.3, 0.4) is 0 Å². The number of thioether (sulfide) groups is 1. The van der Waals surface area contributed by atoms with Crippen LogP contribution in [0.15, 0.2) is 32.5 Å². The van der Waals surface area contributed by atoms with Crippen molar-refractivity contribution in [1.82, 2.24) is 15.1 Å². The molecule has 21 heavy (non-hydrogen) atoms. The Labute approximate surface area is 126 Å². The molecule has 0 saturated carbocycles. The van der Waals surface area contributed by atoms with Gasteiger partial charge in [0, 0.05) is 12.6 Å². The molecule has 6 nitrogen and oxygen atoms in total. The highest BCUT2D eigenvalue weighted by molar-refractivity contribution is 7.99. The molecule has 7 heteroatoms. The lowest BCUT2D eigenvalue weighted by atomic mass is 10.0. The van der Waals surface area contributed by atoms with Gasteiger partial charge in [0.1, 0.15) is 0 Å². The van der Waals surface area contributed by atoms with Gasteiger partial charge in [-0.15, -0.1) is 10.2 Å². The van der Waals surface area contributed by atoms with Crippen LogP contribution in [0.1, 0.15) is 26.2 Å². The van der Waals surface area contributed by atoms with E-state index in [4.69, 9.17) is 8.83 Å². The fraction of sp³-hybridized carbons (Fsp3) is 0.500. The van der Waals surface area contributed by atoms with Crippen molar-refractivity contribution in [3.63, 3.8) is 0 Å². The monoisotopic (exact) mass is 307 g/mol. The molecule has 0 bridgehead atoms. The zero-order valence-electron chi connectivity index (χ0n) is 11.8. The predicted octanol–water partition coefficient (Wildman–Crippen LogP) is 2.82. The van der Waals surface area contributed by atoms with E-state index in [0.29, 0.717) is 28.7 Å². The molecule has 0 aliphatic carbocycles. The molecule has 3 heterocycles. The summed E-state index contributed by atoms with van der Waals surface area (Å²) in [6.07, 6.45) is 4.92. The van der Waals surface area contributed by atoms with Crippen molar-refractivity contribution >= 4 is 17.7 Å². The van der Waals surface area contributed by atoms with Crippen molar-refractivity contribution in [2.24, 2.45) is 0 Å². The van der Waals surface area contributed by atoms with E-state index >= 15 is 0 Å². The molecule has 0 radical (unpaired) electrons. The van der Waals surface area contributed by atoms with Gasteiger partial charge >= 0.3 is 0 Å². The number of aromatic nitrogens is 2. The number of rotatable bonds is 4. The van der Waals surface area contributed by atoms with Gasteiger partial charge in [0.15, 0.2) is 5.76 Å². The summed E-state index contributed by atoms with van der Waals surface area (Å²) >= 11 is 1.27. The van der Waals surface area contributed by atoms with Crippen LogP contribution < -0.4 is 0 Å². The SMILES string of the molecule is C[C@H]1CCCCN1C(=O)CSc1nnc(-c2ccco2)o1. The van der Waals surface area contributed by atoms with Crippen molar-refractivity contribution in [1.29, 1.82) is 0 Å². The van der Waals surface area contributed by atoms with Crippen molar-refractivity contribution in [3.05, 3.63) is 18.4 Å². The third-order valence-electron chi connectivity index (χ3n) is 3.58. The van der Waals surface area contributed by atoms with Gasteiger partial charge in [0.25, 0.3) is 11.1 Å². The Bertz CT molecular complexity index is 596. The zero-order valence-corrected chi connectivity index (χ0v) is 12.6. The summed E-state index contributed by atoms with van der Waals surface area (Å²) in [5, 5.41) is 8.22. The van der Waals surface area contributed by atoms with Crippen molar-refractivity contribution in [2.45, 2.75) is 37.5 Å². The molecule has 0 unspecified atom stereocenters. The summed E-state index contributed by atoms with van der Waals surface area (Å²) < 4.78 is 10.7. The topological polar surface area (TPSA) is 72.4 Å². The number of piperidine rings is 1. The molecule has 0 N–H and O–H groups in total. The molecule has 0 spiro atoms. The van der Waals surface area contributed by atoms with E-state index in [-0.39, 0.29) is 5.91 Å². The molecule has 1 saturated heterocycles. The van der Waals surface area contributed by atoms with Crippen LogP contribution in [0.25, 0.3) is 11.7 Å². The molecule has 0 aromatic carbocycles. The highest BCUT2D eigenvalue weighted by atomic mass is 32.2. The first-order chi connectivity index (χ1) is 10.2. The highest BCUT2D eigenvalue weighted by Crippen LogP contribution is 2.24. The number of amides is 1. The summed E-state index contributed by atoms with van der Waals surface area (Å²) in [4.78, 5) is 14.2. The van der Waals surface area contributed by atoms with Gasteiger partial charge in [-0.2, -0.15) is 0 Å². The Morgan fingerprint density at radius 3 is 3.14 bits per heavy atom. The van der Waals surface area contributed by atoms with Gasteiger partial charge in [-0.1, -0.05) is 11.8 Å². The molecule has 1 amide bonds. The van der Waals surface area contributed by atoms with E-state index in [1.54, 1.807) is 18.4 Å². The number of hydrogen-bond acceptors (Lipinski definition) is 6. The van der Waals surface area contributed by atoms with Crippen LogP contribution in [0.5, 0.6) is 0 Å². The number of hydrogen-bond donors (Lipinski definition) is 0. The second-order valence-corrected chi connectivity index (χ2v) is 6.00. The summed E-state index contributed by atoms with van der Waals surface area (Å²) in [6, 6.07) is 3.84. The number of furan rings is 1. The molecular formula is C14H17N3O3S. The standard InChI is InChI=1S/C14H17N3O3S/c1-10-5-2-3-7-17(10)12(18)9-21-14-16-15-13(20-14)11-6-4-8-19-11/h4,6,8,10H,2-3,5,7,9H2,1H3/t10-/m0/s1. The first kappa shape index (κ1) is 14.2. The minimum absolute atomic E-state index is 0.130. The maximum absolute atomic E-state index is 12.2. The molecular weight excluding hydrogens is 290 g/mol. The lowest BCUT2D eigenvalue weighted by Crippen LogP contribution is -2.42. The minimum Gasteiger partial charge on any atom is -0.459 e. The van der Waals surface area contributed by atoms with Crippen LogP contribution in [0.4, 0.5) is 0 Å². The second kappa shape index (κ2) is 6.34. The summed E-state index contributed by atoms with van der Waals surface area (Å²) in [5.74, 6) is 1.32. The maximum Gasteiger partial charge on any atom is 0.284 e. The Kier molecular flexibility index (Phi) is 4.28. The third-order valence-corrected chi connectivity index (χ3v) is 4.38. The van der Waals surface area contributed by atoms with Gasteiger partial charge in [0.05, 0.1) is 12.0 Å². The largest absolute Gasteiger partial charge is 0.459 e. The lowest BCUT2D eigenvalue weighted by Gasteiger charge is -2.33. The lowest BCUT2D eigenvalue weighted by molar-refractivity contribution is -0.131. The normalized spacial score (nSPS) is 18.9. The minimum atomic E-state index is 0.130. The van der Waals surface area contributed by atoms with Crippen molar-refractivity contribution < 1.29 is 13.6 Å². The van der Waals surface area contributed by atoms with E-state index in [0.717, 1.165) is 19.4 Å². The van der Waals surface area contributed by atoms with E-state index in [1.165, 1.54) is 18.2 Å². The summed E-state index contributed by atoms with van der Waals surface area (Å²) in [7, 11) is 0. The van der Waals surface area contributed by atoms with Crippen molar-refractivity contribution in [3.8, 4) is 11.7 Å². The van der Waals surface area contributed by atoms with Gasteiger partial charge < -0.3 is 13.7 Å². The van der Waals surface area contributed by atoms with E-state index in [9.17, 15) is 4.79 Å². The smallest absolute Gasteiger partial charge is 0.284 e. The number of carbonyl (C=O) groups is 1. The molecule has 2 aromatic rings. The average Bonchev–Trinajstić information content (AvgIpc) is 3.16. The maximum atomic E-state index is 12.2. The Hall–Kier alpha value is -1.76. The van der Waals surface area contributed by atoms with E-state index in [2.05, 4.69) is 17.1 Å². The van der Waals surface area contributed by atoms with Gasteiger partial charge in [-0.05, 0) is 38.3 Å². The molecule has 3 rings (SSSR count). The highest BCUT2D eigenvalue weighted by Gasteiger charge is 2.23. The quantitative estimate of drug-likeness (QED) is 0.809. The second-order valence-electron chi connectivity index (χ2n) is 5.07. The number of likely N-dealkylation sites (tertiary alicyclic amines) is 1. The fourth-order valence-corrected chi connectivity index (χ4v) is 3.09. The van der Waals surface area contributed by atoms with Crippen LogP contribution in [0.2, 0.25) is 0 Å². The first-order valence-corrected chi connectivity index (χ1v) is 8.02. The Morgan fingerprint density at radius 2 is 2.38 bits per heavy atom. The van der Waals surface area contributed by atoms with Crippen LogP contribution in [-0.4, -0.2) is 39.3 Å². The predicted molar refractivity (Wildman–Crippen MR) is 77.8 cm³/mol. The molecule has 112 valence electrons. The zero-order chi connectivity index (χ0) is 14.7. The Morgan fingerprint density at radius 1 is 1.48 bits per heavy atom. The first-order valence-electron chi connectivity index (χ1n) is 7.03. The van der Waals surface area contributed by atoms with Crippen molar-refractivity contribution in [2.75, 3.05) is 12.3 Å². The average molecular weight is 307 g/mol. The third kappa shape index (κ3) is 3.29. The molecule has 1 fully saturated rings. The molecule has 1 atom stereocenters. The van der Waals surface area contributed by atoms with Crippen LogP contribution in [-0.2, 0) is 4.79 Å². The van der Waals surface area contributed by atoms with Gasteiger partial charge in [-0.3, -0.25) is 4.79 Å². The van der Waals surface area contributed by atoms with Gasteiger partial charge in [0.2, 0.25) is 5.91 Å². The molecule has 1 aliphatic heterocycles. The number of nitrogens with zero attached hydrogens (tertiary/aromatic N) is 3. The molecule has 1 aliphatic rings. The summed E-state index contributed by atoms with van der Waals surface area (Å²) in [5.41, 5.74) is 0. The van der Waals surface area contributed by atoms with Crippen LogP contribution in [0, 0.1) is 0 Å². The number of carbonyl (C=O) groups excluding carboxylic acids is 1.